The van der Waals surface area contributed by atoms with E-state index in [1.807, 2.05) is 17.0 Å². The van der Waals surface area contributed by atoms with Crippen LogP contribution in [0.1, 0.15) is 6.92 Å². The lowest BCUT2D eigenvalue weighted by atomic mass is 10.2. The summed E-state index contributed by atoms with van der Waals surface area (Å²) in [5.41, 5.74) is 0.677. The second-order valence-electron chi connectivity index (χ2n) is 5.43. The molecule has 0 aliphatic carbocycles. The molecule has 1 amide bonds. The normalized spacial score (nSPS) is 18.5. The summed E-state index contributed by atoms with van der Waals surface area (Å²) in [5, 5.41) is 4.76. The molecule has 1 aromatic carbocycles. The number of halogens is 1. The first-order valence-electron chi connectivity index (χ1n) is 7.32. The highest BCUT2D eigenvalue weighted by Gasteiger charge is 2.21. The van der Waals surface area contributed by atoms with E-state index in [4.69, 9.17) is 16.3 Å². The number of hydrogen-bond acceptors (Lipinski definition) is 4. The second-order valence-corrected chi connectivity index (χ2v) is 5.84. The molecule has 1 fully saturated rings. The van der Waals surface area contributed by atoms with Gasteiger partial charge in [0.15, 0.2) is 6.61 Å². The van der Waals surface area contributed by atoms with Gasteiger partial charge in [-0.05, 0) is 31.2 Å². The fourth-order valence-corrected chi connectivity index (χ4v) is 2.83. The zero-order chi connectivity index (χ0) is 15.5. The van der Waals surface area contributed by atoms with Gasteiger partial charge in [0, 0.05) is 37.3 Å². The summed E-state index contributed by atoms with van der Waals surface area (Å²) in [7, 11) is 0. The van der Waals surface area contributed by atoms with Crippen LogP contribution in [-0.4, -0.2) is 48.1 Å². The molecule has 2 heterocycles. The van der Waals surface area contributed by atoms with Gasteiger partial charge in [0.1, 0.15) is 11.3 Å². The maximum atomic E-state index is 12.2. The van der Waals surface area contributed by atoms with Crippen LogP contribution < -0.4 is 10.1 Å². The van der Waals surface area contributed by atoms with Gasteiger partial charge in [0.05, 0.1) is 5.02 Å². The first-order chi connectivity index (χ1) is 10.6. The van der Waals surface area contributed by atoms with E-state index in [9.17, 15) is 4.79 Å². The molecule has 5 nitrogen and oxygen atoms in total. The Kier molecular flexibility index (Phi) is 4.45. The number of ether oxygens (including phenoxy) is 1. The highest BCUT2D eigenvalue weighted by molar-refractivity contribution is 6.35. The average molecular weight is 320 g/mol. The predicted molar refractivity (Wildman–Crippen MR) is 86.3 cm³/mol. The molecule has 0 saturated carbocycles. The van der Waals surface area contributed by atoms with E-state index in [1.165, 1.54) is 0 Å². The summed E-state index contributed by atoms with van der Waals surface area (Å²) < 4.78 is 5.69. The molecule has 1 saturated heterocycles. The minimum absolute atomic E-state index is 0.00705. The van der Waals surface area contributed by atoms with Crippen molar-refractivity contribution in [2.75, 3.05) is 26.2 Å². The van der Waals surface area contributed by atoms with E-state index in [0.29, 0.717) is 35.4 Å². The van der Waals surface area contributed by atoms with Crippen LogP contribution in [0.4, 0.5) is 0 Å². The number of fused-ring (bicyclic) bond motifs is 1. The third-order valence-electron chi connectivity index (χ3n) is 3.75. The zero-order valence-electron chi connectivity index (χ0n) is 12.4. The molecule has 2 aromatic rings. The van der Waals surface area contributed by atoms with Gasteiger partial charge < -0.3 is 15.0 Å². The van der Waals surface area contributed by atoms with Crippen LogP contribution in [0.2, 0.25) is 5.02 Å². The molecule has 1 aliphatic rings. The summed E-state index contributed by atoms with van der Waals surface area (Å²) in [6.07, 6.45) is 1.69. The van der Waals surface area contributed by atoms with Crippen LogP contribution in [-0.2, 0) is 4.79 Å². The molecule has 1 aliphatic heterocycles. The van der Waals surface area contributed by atoms with Gasteiger partial charge in [-0.3, -0.25) is 9.78 Å². The maximum Gasteiger partial charge on any atom is 0.260 e. The van der Waals surface area contributed by atoms with Gasteiger partial charge in [-0.2, -0.15) is 0 Å². The topological polar surface area (TPSA) is 54.5 Å². The van der Waals surface area contributed by atoms with Crippen LogP contribution in [0.5, 0.6) is 5.75 Å². The lowest BCUT2D eigenvalue weighted by Crippen LogP contribution is -2.52. The van der Waals surface area contributed by atoms with Crippen molar-refractivity contribution in [2.24, 2.45) is 0 Å². The number of amides is 1. The van der Waals surface area contributed by atoms with Gasteiger partial charge in [-0.15, -0.1) is 0 Å². The van der Waals surface area contributed by atoms with Crippen molar-refractivity contribution >= 4 is 28.4 Å². The van der Waals surface area contributed by atoms with E-state index in [1.54, 1.807) is 18.3 Å². The standard InChI is InChI=1S/C16H18ClN3O2/c1-11-9-20(8-7-18-11)15(21)10-22-14-5-4-13(17)12-3-2-6-19-16(12)14/h2-6,11,18H,7-10H2,1H3/t11-/m1/s1. The van der Waals surface area contributed by atoms with Crippen LogP contribution in [0.15, 0.2) is 30.5 Å². The van der Waals surface area contributed by atoms with Crippen LogP contribution in [0, 0.1) is 0 Å². The van der Waals surface area contributed by atoms with E-state index < -0.39 is 0 Å². The molecule has 3 rings (SSSR count). The largest absolute Gasteiger partial charge is 0.481 e. The Morgan fingerprint density at radius 1 is 1.50 bits per heavy atom. The van der Waals surface area contributed by atoms with Crippen LogP contribution >= 0.6 is 11.6 Å². The fraction of sp³-hybridized carbons (Fsp3) is 0.375. The summed E-state index contributed by atoms with van der Waals surface area (Å²) in [6.45, 7) is 4.32. The maximum absolute atomic E-state index is 12.2. The molecular weight excluding hydrogens is 302 g/mol. The SMILES string of the molecule is C[C@@H]1CN(C(=O)COc2ccc(Cl)c3cccnc23)CCN1. The summed E-state index contributed by atoms with van der Waals surface area (Å²) in [4.78, 5) is 18.4. The molecule has 0 bridgehead atoms. The van der Waals surface area contributed by atoms with Gasteiger partial charge in [0.25, 0.3) is 5.91 Å². The van der Waals surface area contributed by atoms with Crippen molar-refractivity contribution in [1.82, 2.24) is 15.2 Å². The minimum atomic E-state index is -0.00705. The molecular formula is C16H18ClN3O2. The highest BCUT2D eigenvalue weighted by atomic mass is 35.5. The second kappa shape index (κ2) is 6.50. The lowest BCUT2D eigenvalue weighted by molar-refractivity contribution is -0.134. The van der Waals surface area contributed by atoms with Gasteiger partial charge in [-0.25, -0.2) is 0 Å². The van der Waals surface area contributed by atoms with Crippen molar-refractivity contribution in [3.63, 3.8) is 0 Å². The molecule has 22 heavy (non-hydrogen) atoms. The Morgan fingerprint density at radius 3 is 3.18 bits per heavy atom. The summed E-state index contributed by atoms with van der Waals surface area (Å²) >= 11 is 6.15. The van der Waals surface area contributed by atoms with Gasteiger partial charge in [0.2, 0.25) is 0 Å². The molecule has 1 atom stereocenters. The number of rotatable bonds is 3. The molecule has 6 heteroatoms. The number of nitrogens with one attached hydrogen (secondary N) is 1. The predicted octanol–water partition coefficient (Wildman–Crippen LogP) is 2.09. The first kappa shape index (κ1) is 15.1. The molecule has 116 valence electrons. The average Bonchev–Trinajstić information content (AvgIpc) is 2.54. The van der Waals surface area contributed by atoms with Crippen molar-refractivity contribution in [1.29, 1.82) is 0 Å². The fourth-order valence-electron chi connectivity index (χ4n) is 2.62. The number of piperazine rings is 1. The zero-order valence-corrected chi connectivity index (χ0v) is 13.1. The number of carbonyl (C=O) groups excluding carboxylic acids is 1. The smallest absolute Gasteiger partial charge is 0.260 e. The Labute approximate surface area is 134 Å². The number of carbonyl (C=O) groups is 1. The number of aromatic nitrogens is 1. The molecule has 0 unspecified atom stereocenters. The monoisotopic (exact) mass is 319 g/mol. The summed E-state index contributed by atoms with van der Waals surface area (Å²) in [6, 6.07) is 7.54. The summed E-state index contributed by atoms with van der Waals surface area (Å²) in [5.74, 6) is 0.573. The van der Waals surface area contributed by atoms with E-state index >= 15 is 0 Å². The number of pyridine rings is 1. The number of benzene rings is 1. The first-order valence-corrected chi connectivity index (χ1v) is 7.70. The van der Waals surface area contributed by atoms with Gasteiger partial charge >= 0.3 is 0 Å². The molecule has 1 N–H and O–H groups in total. The quantitative estimate of drug-likeness (QED) is 0.941. The van der Waals surface area contributed by atoms with Crippen LogP contribution in [0.3, 0.4) is 0 Å². The third-order valence-corrected chi connectivity index (χ3v) is 4.08. The number of nitrogens with zero attached hydrogens (tertiary/aromatic N) is 2. The lowest BCUT2D eigenvalue weighted by Gasteiger charge is -2.31. The third kappa shape index (κ3) is 3.15. The Morgan fingerprint density at radius 2 is 2.36 bits per heavy atom. The Hall–Kier alpha value is -1.85. The molecule has 0 radical (unpaired) electrons. The molecule has 0 spiro atoms. The van der Waals surface area contributed by atoms with Crippen molar-refractivity contribution < 1.29 is 9.53 Å². The van der Waals surface area contributed by atoms with Crippen LogP contribution in [0.25, 0.3) is 10.9 Å². The van der Waals surface area contributed by atoms with E-state index in [2.05, 4.69) is 17.2 Å². The van der Waals surface area contributed by atoms with E-state index in [-0.39, 0.29) is 12.5 Å². The van der Waals surface area contributed by atoms with Crippen molar-refractivity contribution in [3.05, 3.63) is 35.5 Å². The van der Waals surface area contributed by atoms with Crippen molar-refractivity contribution in [3.8, 4) is 5.75 Å². The highest BCUT2D eigenvalue weighted by Crippen LogP contribution is 2.29. The Bertz CT molecular complexity index is 692. The van der Waals surface area contributed by atoms with Gasteiger partial charge in [-0.1, -0.05) is 11.6 Å². The Balaban J connectivity index is 1.71. The number of hydrogen-bond donors (Lipinski definition) is 1. The van der Waals surface area contributed by atoms with E-state index in [0.717, 1.165) is 11.9 Å². The minimum Gasteiger partial charge on any atom is -0.481 e. The molecule has 1 aromatic heterocycles. The van der Waals surface area contributed by atoms with Crippen molar-refractivity contribution in [2.45, 2.75) is 13.0 Å².